The summed E-state index contributed by atoms with van der Waals surface area (Å²) in [5.41, 5.74) is -6.16. The lowest BCUT2D eigenvalue weighted by atomic mass is 9.44. The first-order valence-corrected chi connectivity index (χ1v) is 14.5. The van der Waals surface area contributed by atoms with E-state index in [9.17, 15) is 19.1 Å². The fourth-order valence-corrected chi connectivity index (χ4v) is 9.43. The van der Waals surface area contributed by atoms with Crippen LogP contribution in [0.1, 0.15) is 45.2 Å². The number of aliphatic hydroxyl groups is 1. The molecule has 2 heterocycles. The second-order valence-electron chi connectivity index (χ2n) is 12.1. The van der Waals surface area contributed by atoms with E-state index >= 15 is 8.78 Å². The van der Waals surface area contributed by atoms with Crippen molar-refractivity contribution in [3.8, 4) is 0 Å². The van der Waals surface area contributed by atoms with Gasteiger partial charge in [0.05, 0.1) is 12.2 Å². The SMILES string of the molecule is C[C@]12C=CC(=O)C=C1[C@@H](F)C[C@H]1[C@@H]3C[C@H]4OC(c5cc6ccccc6o5)O[C@@]4(C(=O)SCF)[C@@]3(C)C[C@H](O)[C@@]12F. The Hall–Kier alpha value is -2.40. The highest BCUT2D eigenvalue weighted by atomic mass is 32.2. The lowest BCUT2D eigenvalue weighted by Gasteiger charge is -2.63. The van der Waals surface area contributed by atoms with Gasteiger partial charge in [-0.2, -0.15) is 0 Å². The minimum Gasteiger partial charge on any atom is -0.456 e. The van der Waals surface area contributed by atoms with E-state index in [0.29, 0.717) is 23.1 Å². The van der Waals surface area contributed by atoms with Gasteiger partial charge in [0.25, 0.3) is 0 Å². The van der Waals surface area contributed by atoms with Gasteiger partial charge in [-0.3, -0.25) is 9.59 Å². The molecule has 7 rings (SSSR count). The van der Waals surface area contributed by atoms with E-state index in [2.05, 4.69) is 0 Å². The van der Waals surface area contributed by atoms with Crippen molar-refractivity contribution in [2.75, 3.05) is 6.01 Å². The molecular formula is C30H29F3O6S. The summed E-state index contributed by atoms with van der Waals surface area (Å²) in [6.07, 6.45) is -1.79. The van der Waals surface area contributed by atoms with Crippen LogP contribution >= 0.6 is 11.8 Å². The van der Waals surface area contributed by atoms with E-state index in [1.807, 2.05) is 18.2 Å². The number of thioether (sulfide) groups is 1. The molecule has 1 aromatic heterocycles. The van der Waals surface area contributed by atoms with Gasteiger partial charge >= 0.3 is 0 Å². The Bertz CT molecular complexity index is 1460. The van der Waals surface area contributed by atoms with E-state index in [1.165, 1.54) is 19.1 Å². The van der Waals surface area contributed by atoms with E-state index in [1.54, 1.807) is 19.1 Å². The number of hydrogen-bond acceptors (Lipinski definition) is 7. The molecule has 4 fully saturated rings. The van der Waals surface area contributed by atoms with Crippen molar-refractivity contribution in [1.82, 2.24) is 0 Å². The molecule has 5 aliphatic rings. The Morgan fingerprint density at radius 3 is 2.73 bits per heavy atom. The number of halogens is 3. The molecule has 2 aromatic rings. The Balaban J connectivity index is 1.32. The number of ether oxygens (including phenoxy) is 2. The number of benzene rings is 1. The number of carbonyl (C=O) groups excluding carboxylic acids is 2. The second-order valence-corrected chi connectivity index (χ2v) is 13.0. The first-order valence-electron chi connectivity index (χ1n) is 13.5. The molecule has 10 atom stereocenters. The molecule has 6 nitrogen and oxygen atoms in total. The number of para-hydroxylation sites is 1. The van der Waals surface area contributed by atoms with Gasteiger partial charge in [0.15, 0.2) is 22.8 Å². The van der Waals surface area contributed by atoms with E-state index < -0.39 is 75.5 Å². The first kappa shape index (κ1) is 26.5. The van der Waals surface area contributed by atoms with Crippen LogP contribution in [-0.2, 0) is 19.1 Å². The third-order valence-corrected chi connectivity index (χ3v) is 11.2. The van der Waals surface area contributed by atoms with Gasteiger partial charge in [-0.1, -0.05) is 43.0 Å². The Kier molecular flexibility index (Phi) is 5.67. The highest BCUT2D eigenvalue weighted by Gasteiger charge is 2.80. The van der Waals surface area contributed by atoms with Crippen LogP contribution in [0.3, 0.4) is 0 Å². The second kappa shape index (κ2) is 8.56. The molecule has 1 aromatic carbocycles. The van der Waals surface area contributed by atoms with Crippen LogP contribution in [0.25, 0.3) is 11.0 Å². The van der Waals surface area contributed by atoms with Gasteiger partial charge in [-0.25, -0.2) is 13.2 Å². The number of ketones is 1. The van der Waals surface area contributed by atoms with E-state index in [0.717, 1.165) is 11.5 Å². The van der Waals surface area contributed by atoms with Gasteiger partial charge in [-0.05, 0) is 62.0 Å². The molecule has 1 aliphatic heterocycles. The fourth-order valence-electron chi connectivity index (χ4n) is 8.70. The maximum Gasteiger partial charge on any atom is 0.226 e. The lowest BCUT2D eigenvalue weighted by Crippen LogP contribution is -2.70. The molecule has 212 valence electrons. The quantitative estimate of drug-likeness (QED) is 0.503. The molecule has 0 amide bonds. The predicted molar refractivity (Wildman–Crippen MR) is 140 cm³/mol. The summed E-state index contributed by atoms with van der Waals surface area (Å²) in [7, 11) is 0. The molecule has 40 heavy (non-hydrogen) atoms. The summed E-state index contributed by atoms with van der Waals surface area (Å²) in [5.74, 6) is -1.73. The number of hydrogen-bond donors (Lipinski definition) is 1. The van der Waals surface area contributed by atoms with E-state index in [-0.39, 0.29) is 24.8 Å². The number of aliphatic hydroxyl groups excluding tert-OH is 1. The average molecular weight is 575 g/mol. The molecule has 0 bridgehead atoms. The normalized spacial score (nSPS) is 45.5. The summed E-state index contributed by atoms with van der Waals surface area (Å²) in [4.78, 5) is 25.9. The maximum atomic E-state index is 17.5. The van der Waals surface area contributed by atoms with Crippen LogP contribution in [0, 0.1) is 22.7 Å². The number of furan rings is 1. The highest BCUT2D eigenvalue weighted by molar-refractivity contribution is 8.13. The molecule has 3 saturated carbocycles. The fraction of sp³-hybridized carbons (Fsp3) is 0.533. The van der Waals surface area contributed by atoms with Crippen molar-refractivity contribution >= 4 is 33.6 Å². The van der Waals surface area contributed by atoms with Crippen LogP contribution in [0.15, 0.2) is 58.6 Å². The maximum absolute atomic E-state index is 17.5. The van der Waals surface area contributed by atoms with Gasteiger partial charge < -0.3 is 19.0 Å². The largest absolute Gasteiger partial charge is 0.456 e. The van der Waals surface area contributed by atoms with Crippen molar-refractivity contribution in [3.05, 3.63) is 59.9 Å². The van der Waals surface area contributed by atoms with Crippen LogP contribution in [0.2, 0.25) is 0 Å². The number of rotatable bonds is 3. The molecule has 0 spiro atoms. The zero-order valence-electron chi connectivity index (χ0n) is 21.9. The lowest BCUT2D eigenvalue weighted by molar-refractivity contribution is -0.233. The van der Waals surface area contributed by atoms with Gasteiger partial charge in [-0.15, -0.1) is 0 Å². The first-order chi connectivity index (χ1) is 19.0. The van der Waals surface area contributed by atoms with Crippen molar-refractivity contribution in [2.45, 2.75) is 69.0 Å². The number of fused-ring (bicyclic) bond motifs is 8. The standard InChI is InChI=1S/C30H29F3O6S/c1-27-8-7-16(34)10-19(27)20(32)11-18-17-12-24-30(26(36)40-14-31,28(17,2)13-23(35)29(18,27)33)39-25(38-24)22-9-15-5-3-4-6-21(15)37-22/h3-10,17-18,20,23-25,35H,11-14H2,1-2H3/t17-,18-,20-,23-,24+,25?,27-,28-,29-,30-/m0/s1. The van der Waals surface area contributed by atoms with Crippen molar-refractivity contribution in [3.63, 3.8) is 0 Å². The number of allylic oxidation sites excluding steroid dienone is 4. The van der Waals surface area contributed by atoms with Crippen LogP contribution < -0.4 is 0 Å². The van der Waals surface area contributed by atoms with Crippen molar-refractivity contribution in [2.24, 2.45) is 22.7 Å². The molecule has 1 N–H and O–H groups in total. The number of alkyl halides is 3. The zero-order chi connectivity index (χ0) is 28.2. The van der Waals surface area contributed by atoms with Crippen LogP contribution in [0.5, 0.6) is 0 Å². The highest BCUT2D eigenvalue weighted by Crippen LogP contribution is 2.73. The number of carbonyl (C=O) groups is 2. The summed E-state index contributed by atoms with van der Waals surface area (Å²) in [5, 5.41) is 11.8. The molecule has 4 aliphatic carbocycles. The molecular weight excluding hydrogens is 545 g/mol. The van der Waals surface area contributed by atoms with Crippen molar-refractivity contribution < 1.29 is 41.8 Å². The topological polar surface area (TPSA) is 86.0 Å². The van der Waals surface area contributed by atoms with Crippen LogP contribution in [-0.4, -0.2) is 51.7 Å². The van der Waals surface area contributed by atoms with Gasteiger partial charge in [0, 0.05) is 22.1 Å². The van der Waals surface area contributed by atoms with Gasteiger partial charge in [0.1, 0.15) is 17.8 Å². The summed E-state index contributed by atoms with van der Waals surface area (Å²) >= 11 is 0.452. The minimum atomic E-state index is -2.31. The molecule has 1 unspecified atom stereocenters. The zero-order valence-corrected chi connectivity index (χ0v) is 22.8. The Morgan fingerprint density at radius 2 is 1.98 bits per heavy atom. The summed E-state index contributed by atoms with van der Waals surface area (Å²) in [6.45, 7) is 3.26. The smallest absolute Gasteiger partial charge is 0.226 e. The summed E-state index contributed by atoms with van der Waals surface area (Å²) < 4.78 is 65.5. The Labute approximate surface area is 232 Å². The van der Waals surface area contributed by atoms with E-state index in [4.69, 9.17) is 13.9 Å². The monoisotopic (exact) mass is 574 g/mol. The average Bonchev–Trinajstić information content (AvgIpc) is 3.58. The van der Waals surface area contributed by atoms with Crippen LogP contribution in [0.4, 0.5) is 13.2 Å². The summed E-state index contributed by atoms with van der Waals surface area (Å²) in [6, 6.07) is 8.09. The minimum absolute atomic E-state index is 0.0239. The van der Waals surface area contributed by atoms with Crippen molar-refractivity contribution in [1.29, 1.82) is 0 Å². The molecule has 0 radical (unpaired) electrons. The third kappa shape index (κ3) is 3.08. The molecule has 1 saturated heterocycles. The van der Waals surface area contributed by atoms with Gasteiger partial charge in [0.2, 0.25) is 11.4 Å². The predicted octanol–water partition coefficient (Wildman–Crippen LogP) is 5.70. The third-order valence-electron chi connectivity index (χ3n) is 10.5. The molecule has 10 heteroatoms. The Morgan fingerprint density at radius 1 is 1.20 bits per heavy atom.